The molecule has 130 valence electrons. The van der Waals surface area contributed by atoms with Gasteiger partial charge in [0, 0.05) is 12.7 Å². The lowest BCUT2D eigenvalue weighted by Crippen LogP contribution is -2.51. The third-order valence-electron chi connectivity index (χ3n) is 3.50. The van der Waals surface area contributed by atoms with Crippen LogP contribution in [0.1, 0.15) is 59.3 Å². The molecule has 0 saturated carbocycles. The van der Waals surface area contributed by atoms with Crippen LogP contribution in [0.2, 0.25) is 13.1 Å². The number of unbranched alkanes of at least 4 members (excludes halogenated alkanes) is 5. The fourth-order valence-corrected chi connectivity index (χ4v) is 8.29. The van der Waals surface area contributed by atoms with Crippen LogP contribution in [0, 0.1) is 0 Å². The Balaban J connectivity index is 4.27. The predicted molar refractivity (Wildman–Crippen MR) is 100 cm³/mol. The topological polar surface area (TPSA) is 27.7 Å². The maximum absolute atomic E-state index is 6.28. The van der Waals surface area contributed by atoms with Crippen molar-refractivity contribution in [1.82, 2.24) is 0 Å². The van der Waals surface area contributed by atoms with Crippen LogP contribution in [-0.2, 0) is 13.0 Å². The van der Waals surface area contributed by atoms with Gasteiger partial charge in [-0.2, -0.15) is 0 Å². The van der Waals surface area contributed by atoms with E-state index < -0.39 is 17.1 Å². The highest BCUT2D eigenvalue weighted by Gasteiger charge is 2.40. The Kier molecular flexibility index (Phi) is 11.2. The highest BCUT2D eigenvalue weighted by atomic mass is 28.5. The zero-order valence-electron chi connectivity index (χ0n) is 15.3. The van der Waals surface area contributed by atoms with Gasteiger partial charge in [0.15, 0.2) is 0 Å². The zero-order valence-corrected chi connectivity index (χ0v) is 17.3. The van der Waals surface area contributed by atoms with E-state index in [0.29, 0.717) is 0 Å². The van der Waals surface area contributed by atoms with Gasteiger partial charge in [-0.15, -0.1) is 13.2 Å². The van der Waals surface area contributed by atoms with Crippen molar-refractivity contribution >= 4 is 17.1 Å². The molecule has 0 aromatic rings. The molecule has 0 N–H and O–H groups in total. The Labute approximate surface area is 140 Å². The van der Waals surface area contributed by atoms with Crippen molar-refractivity contribution in [1.29, 1.82) is 0 Å². The predicted octanol–water partition coefficient (Wildman–Crippen LogP) is 5.40. The molecule has 0 saturated heterocycles. The van der Waals surface area contributed by atoms with E-state index in [2.05, 4.69) is 20.1 Å². The Morgan fingerprint density at radius 2 is 1.45 bits per heavy atom. The van der Waals surface area contributed by atoms with Gasteiger partial charge in [0.25, 0.3) is 0 Å². The van der Waals surface area contributed by atoms with Crippen LogP contribution in [0.4, 0.5) is 0 Å². The fraction of sp³-hybridized carbons (Fsp3) is 0.765. The molecular formula is C17H36O3Si2. The molecule has 0 aliphatic heterocycles. The molecule has 0 amide bonds. The summed E-state index contributed by atoms with van der Waals surface area (Å²) in [5.41, 5.74) is 3.68. The molecule has 22 heavy (non-hydrogen) atoms. The average molecular weight is 345 g/mol. The van der Waals surface area contributed by atoms with Crippen molar-refractivity contribution in [2.75, 3.05) is 6.61 Å². The summed E-state index contributed by atoms with van der Waals surface area (Å²) >= 11 is 0. The van der Waals surface area contributed by atoms with Crippen molar-refractivity contribution in [3.8, 4) is 0 Å². The summed E-state index contributed by atoms with van der Waals surface area (Å²) in [7, 11) is -4.79. The van der Waals surface area contributed by atoms with Gasteiger partial charge in [0.2, 0.25) is 0 Å². The Bertz CT molecular complexity index is 323. The second kappa shape index (κ2) is 11.3. The SMILES string of the molecule is C=C[Si](C)(OCCCCCCCC)O[Si](C)(C=C)OC(C)C. The lowest BCUT2D eigenvalue weighted by molar-refractivity contribution is 0.167. The summed E-state index contributed by atoms with van der Waals surface area (Å²) in [6.07, 6.45) is 7.66. The second-order valence-corrected chi connectivity index (χ2v) is 12.5. The van der Waals surface area contributed by atoms with Gasteiger partial charge < -0.3 is 13.0 Å². The van der Waals surface area contributed by atoms with Gasteiger partial charge >= 0.3 is 17.1 Å². The van der Waals surface area contributed by atoms with Gasteiger partial charge in [-0.25, -0.2) is 0 Å². The van der Waals surface area contributed by atoms with Crippen LogP contribution >= 0.6 is 0 Å². The van der Waals surface area contributed by atoms with Gasteiger partial charge in [-0.1, -0.05) is 50.4 Å². The Morgan fingerprint density at radius 3 is 1.95 bits per heavy atom. The first kappa shape index (κ1) is 21.8. The van der Waals surface area contributed by atoms with Crippen LogP contribution in [0.3, 0.4) is 0 Å². The molecule has 2 atom stereocenters. The number of hydrogen-bond acceptors (Lipinski definition) is 3. The fourth-order valence-electron chi connectivity index (χ4n) is 2.27. The molecule has 0 aliphatic rings. The van der Waals surface area contributed by atoms with Crippen molar-refractivity contribution in [2.24, 2.45) is 0 Å². The van der Waals surface area contributed by atoms with E-state index in [1.165, 1.54) is 32.1 Å². The summed E-state index contributed by atoms with van der Waals surface area (Å²) in [5.74, 6) is 0. The minimum absolute atomic E-state index is 0.122. The van der Waals surface area contributed by atoms with E-state index in [4.69, 9.17) is 13.0 Å². The lowest BCUT2D eigenvalue weighted by atomic mass is 10.1. The molecule has 2 unspecified atom stereocenters. The van der Waals surface area contributed by atoms with E-state index in [9.17, 15) is 0 Å². The quantitative estimate of drug-likeness (QED) is 0.312. The van der Waals surface area contributed by atoms with Crippen LogP contribution in [0.25, 0.3) is 0 Å². The summed E-state index contributed by atoms with van der Waals surface area (Å²) in [4.78, 5) is 0. The minimum Gasteiger partial charge on any atom is -0.409 e. The molecule has 0 radical (unpaired) electrons. The summed E-state index contributed by atoms with van der Waals surface area (Å²) in [5, 5.41) is 0. The smallest absolute Gasteiger partial charge is 0.352 e. The third-order valence-corrected chi connectivity index (χ3v) is 9.95. The Morgan fingerprint density at radius 1 is 0.909 bits per heavy atom. The summed E-state index contributed by atoms with van der Waals surface area (Å²) in [6, 6.07) is 0. The molecule has 0 bridgehead atoms. The van der Waals surface area contributed by atoms with Crippen LogP contribution in [0.5, 0.6) is 0 Å². The van der Waals surface area contributed by atoms with Crippen molar-refractivity contribution in [3.05, 3.63) is 24.6 Å². The number of hydrogen-bond donors (Lipinski definition) is 0. The monoisotopic (exact) mass is 344 g/mol. The van der Waals surface area contributed by atoms with E-state index >= 15 is 0 Å². The van der Waals surface area contributed by atoms with Gasteiger partial charge in [-0.05, 0) is 33.4 Å². The average Bonchev–Trinajstić information content (AvgIpc) is 2.45. The van der Waals surface area contributed by atoms with E-state index in [-0.39, 0.29) is 6.10 Å². The molecule has 0 rings (SSSR count). The molecule has 5 heteroatoms. The second-order valence-electron chi connectivity index (χ2n) is 6.33. The van der Waals surface area contributed by atoms with E-state index in [0.717, 1.165) is 13.0 Å². The molecular weight excluding hydrogens is 308 g/mol. The molecule has 0 aromatic heterocycles. The van der Waals surface area contributed by atoms with E-state index in [1.54, 1.807) is 0 Å². The summed E-state index contributed by atoms with van der Waals surface area (Å²) < 4.78 is 18.3. The maximum atomic E-state index is 6.28. The van der Waals surface area contributed by atoms with Crippen LogP contribution in [0.15, 0.2) is 24.6 Å². The third kappa shape index (κ3) is 9.74. The zero-order chi connectivity index (χ0) is 17.1. The molecule has 3 nitrogen and oxygen atoms in total. The van der Waals surface area contributed by atoms with Crippen molar-refractivity contribution in [3.63, 3.8) is 0 Å². The van der Waals surface area contributed by atoms with Crippen molar-refractivity contribution in [2.45, 2.75) is 78.5 Å². The lowest BCUT2D eigenvalue weighted by Gasteiger charge is -2.34. The molecule has 0 aliphatic carbocycles. The number of rotatable bonds is 14. The standard InChI is InChI=1S/C17H36O3Si2/c1-8-11-12-13-14-15-16-18-21(6,9-2)20-22(7,10-3)19-17(4)5/h9-10,17H,2-3,8,11-16H2,1,4-7H3. The Hall–Kier alpha value is -0.206. The first-order valence-corrected chi connectivity index (χ1v) is 13.4. The van der Waals surface area contributed by atoms with E-state index in [1.807, 2.05) is 38.3 Å². The van der Waals surface area contributed by atoms with Crippen LogP contribution < -0.4 is 0 Å². The highest BCUT2D eigenvalue weighted by molar-refractivity contribution is 6.84. The normalized spacial score (nSPS) is 17.0. The van der Waals surface area contributed by atoms with Crippen molar-refractivity contribution < 1.29 is 13.0 Å². The first-order valence-electron chi connectivity index (χ1n) is 8.60. The summed E-state index contributed by atoms with van der Waals surface area (Å²) in [6.45, 7) is 18.9. The van der Waals surface area contributed by atoms with Gasteiger partial charge in [0.05, 0.1) is 0 Å². The van der Waals surface area contributed by atoms with Gasteiger partial charge in [0.1, 0.15) is 0 Å². The molecule has 0 spiro atoms. The van der Waals surface area contributed by atoms with Gasteiger partial charge in [-0.3, -0.25) is 0 Å². The van der Waals surface area contributed by atoms with Crippen LogP contribution in [-0.4, -0.2) is 29.8 Å². The largest absolute Gasteiger partial charge is 0.409 e. The molecule has 0 heterocycles. The first-order chi connectivity index (χ1) is 10.3. The highest BCUT2D eigenvalue weighted by Crippen LogP contribution is 2.20. The molecule has 0 fully saturated rings. The molecule has 0 aromatic carbocycles. The maximum Gasteiger partial charge on any atom is 0.352 e. The minimum atomic E-state index is -2.40.